The first kappa shape index (κ1) is 15.7. The van der Waals surface area contributed by atoms with E-state index < -0.39 is 23.2 Å². The Bertz CT molecular complexity index is 1150. The second-order valence-corrected chi connectivity index (χ2v) is 7.09. The Balaban J connectivity index is 2.15. The van der Waals surface area contributed by atoms with Gasteiger partial charge in [-0.25, -0.2) is 4.79 Å². The Morgan fingerprint density at radius 1 is 1.00 bits per heavy atom. The molecular formula is C19H19N3O3. The standard InChI is InChI=1S/C19H19N3O3/c1-20-17(23)15(18(24)21(2)19(20)25)16-12-9-5-7-11-8-6-10-13(14(11)12)22(16,3)4/h5-10,16H,1-4H3. The number of nitrogens with zero attached hydrogens (tertiary/aromatic N) is 3. The smallest absolute Gasteiger partial charge is 0.329 e. The van der Waals surface area contributed by atoms with Crippen LogP contribution in [0, 0.1) is 0 Å². The third kappa shape index (κ3) is 1.83. The molecule has 0 bridgehead atoms. The van der Waals surface area contributed by atoms with Crippen LogP contribution in [0.15, 0.2) is 46.0 Å². The molecule has 1 unspecified atom stereocenters. The molecule has 0 saturated carbocycles. The van der Waals surface area contributed by atoms with Gasteiger partial charge in [-0.3, -0.25) is 13.8 Å². The molecular weight excluding hydrogens is 318 g/mol. The van der Waals surface area contributed by atoms with Crippen molar-refractivity contribution in [1.29, 1.82) is 0 Å². The third-order valence-electron chi connectivity index (χ3n) is 5.39. The van der Waals surface area contributed by atoms with Crippen molar-refractivity contribution in [2.24, 2.45) is 14.1 Å². The van der Waals surface area contributed by atoms with Crippen molar-refractivity contribution in [3.8, 4) is 5.88 Å². The van der Waals surface area contributed by atoms with Gasteiger partial charge in [-0.2, -0.15) is 0 Å². The van der Waals surface area contributed by atoms with E-state index in [1.165, 1.54) is 14.1 Å². The molecule has 1 aliphatic rings. The Kier molecular flexibility index (Phi) is 3.02. The Labute approximate surface area is 144 Å². The Morgan fingerprint density at radius 3 is 2.32 bits per heavy atom. The van der Waals surface area contributed by atoms with Gasteiger partial charge in [0.2, 0.25) is 0 Å². The summed E-state index contributed by atoms with van der Waals surface area (Å²) in [5, 5.41) is 15.0. The predicted octanol–water partition coefficient (Wildman–Crippen LogP) is 0.981. The van der Waals surface area contributed by atoms with Gasteiger partial charge in [0, 0.05) is 19.7 Å². The van der Waals surface area contributed by atoms with E-state index in [2.05, 4.69) is 0 Å². The van der Waals surface area contributed by atoms with Crippen LogP contribution in [-0.2, 0) is 14.1 Å². The molecule has 128 valence electrons. The summed E-state index contributed by atoms with van der Waals surface area (Å²) in [5.74, 6) is -0.519. The molecule has 25 heavy (non-hydrogen) atoms. The van der Waals surface area contributed by atoms with Crippen molar-refractivity contribution in [2.75, 3.05) is 14.1 Å². The first-order chi connectivity index (χ1) is 11.8. The van der Waals surface area contributed by atoms with Gasteiger partial charge in [-0.1, -0.05) is 30.3 Å². The summed E-state index contributed by atoms with van der Waals surface area (Å²) in [6, 6.07) is 11.5. The summed E-state index contributed by atoms with van der Waals surface area (Å²) in [4.78, 5) is 24.9. The van der Waals surface area contributed by atoms with Crippen LogP contribution in [0.1, 0.15) is 17.2 Å². The van der Waals surface area contributed by atoms with Crippen molar-refractivity contribution in [3.05, 3.63) is 68.4 Å². The molecule has 1 aromatic heterocycles. The quantitative estimate of drug-likeness (QED) is 0.622. The zero-order valence-corrected chi connectivity index (χ0v) is 14.6. The lowest BCUT2D eigenvalue weighted by Crippen LogP contribution is -2.48. The number of hydrogen-bond acceptors (Lipinski definition) is 3. The van der Waals surface area contributed by atoms with Gasteiger partial charge >= 0.3 is 5.69 Å². The fourth-order valence-corrected chi connectivity index (χ4v) is 4.11. The summed E-state index contributed by atoms with van der Waals surface area (Å²) in [6.45, 7) is 0. The zero-order chi connectivity index (χ0) is 18.1. The van der Waals surface area contributed by atoms with Crippen molar-refractivity contribution in [2.45, 2.75) is 6.04 Å². The maximum absolute atomic E-state index is 12.8. The average molecular weight is 337 g/mol. The van der Waals surface area contributed by atoms with E-state index in [0.29, 0.717) is 4.48 Å². The Morgan fingerprint density at radius 2 is 1.64 bits per heavy atom. The molecule has 0 fully saturated rings. The highest BCUT2D eigenvalue weighted by Gasteiger charge is 2.44. The monoisotopic (exact) mass is 337 g/mol. The number of hydrogen-bond donors (Lipinski definition) is 0. The van der Waals surface area contributed by atoms with Crippen LogP contribution >= 0.6 is 0 Å². The van der Waals surface area contributed by atoms with Crippen molar-refractivity contribution >= 4 is 16.5 Å². The van der Waals surface area contributed by atoms with Crippen LogP contribution < -0.4 is 20.8 Å². The van der Waals surface area contributed by atoms with E-state index in [-0.39, 0.29) is 5.56 Å². The molecule has 0 aliphatic carbocycles. The molecule has 1 atom stereocenters. The maximum atomic E-state index is 12.8. The average Bonchev–Trinajstić information content (AvgIpc) is 2.82. The molecule has 2 heterocycles. The minimum atomic E-state index is -0.599. The molecule has 3 aromatic rings. The van der Waals surface area contributed by atoms with E-state index in [4.69, 9.17) is 0 Å². The van der Waals surface area contributed by atoms with Crippen molar-refractivity contribution in [1.82, 2.24) is 13.6 Å². The molecule has 0 saturated heterocycles. The van der Waals surface area contributed by atoms with E-state index in [1.807, 2.05) is 50.5 Å². The van der Waals surface area contributed by atoms with Crippen LogP contribution in [0.2, 0.25) is 0 Å². The summed E-state index contributed by atoms with van der Waals surface area (Å²) in [6.07, 6.45) is 0. The highest BCUT2D eigenvalue weighted by molar-refractivity contribution is 5.99. The number of benzene rings is 2. The molecule has 6 nitrogen and oxygen atoms in total. The highest BCUT2D eigenvalue weighted by atomic mass is 16.3. The first-order valence-corrected chi connectivity index (χ1v) is 8.09. The van der Waals surface area contributed by atoms with Gasteiger partial charge in [-0.15, -0.1) is 0 Å². The van der Waals surface area contributed by atoms with Crippen LogP contribution in [0.25, 0.3) is 10.8 Å². The number of quaternary nitrogens is 1. The van der Waals surface area contributed by atoms with Crippen LogP contribution in [0.4, 0.5) is 5.69 Å². The topological polar surface area (TPSA) is 67.1 Å². The second-order valence-electron chi connectivity index (χ2n) is 7.09. The van der Waals surface area contributed by atoms with Gasteiger partial charge in [0.25, 0.3) is 5.56 Å². The lowest BCUT2D eigenvalue weighted by Gasteiger charge is -2.35. The van der Waals surface area contributed by atoms with E-state index in [0.717, 1.165) is 31.2 Å². The molecule has 6 heteroatoms. The molecule has 0 N–H and O–H groups in total. The van der Waals surface area contributed by atoms with Gasteiger partial charge in [0.05, 0.1) is 25.0 Å². The summed E-state index contributed by atoms with van der Waals surface area (Å²) < 4.78 is 2.39. The molecule has 0 spiro atoms. The van der Waals surface area contributed by atoms with Gasteiger partial charge in [-0.05, 0) is 17.3 Å². The molecule has 0 radical (unpaired) electrons. The van der Waals surface area contributed by atoms with E-state index >= 15 is 0 Å². The number of rotatable bonds is 1. The molecule has 2 aromatic carbocycles. The lowest BCUT2D eigenvalue weighted by molar-refractivity contribution is -0.281. The molecule has 4 rings (SSSR count). The minimum absolute atomic E-state index is 0.137. The highest BCUT2D eigenvalue weighted by Crippen LogP contribution is 2.50. The van der Waals surface area contributed by atoms with Crippen LogP contribution in [-0.4, -0.2) is 23.2 Å². The zero-order valence-electron chi connectivity index (χ0n) is 14.6. The fourth-order valence-electron chi connectivity index (χ4n) is 4.11. The first-order valence-electron chi connectivity index (χ1n) is 8.09. The van der Waals surface area contributed by atoms with Gasteiger partial charge in [0.15, 0.2) is 6.04 Å². The summed E-state index contributed by atoms with van der Waals surface area (Å²) in [7, 11) is 6.80. The largest absolute Gasteiger partial charge is 0.859 e. The minimum Gasteiger partial charge on any atom is -0.859 e. The fraction of sp³-hybridized carbons (Fsp3) is 0.263. The maximum Gasteiger partial charge on any atom is 0.329 e. The number of aromatic nitrogens is 2. The van der Waals surface area contributed by atoms with E-state index in [1.54, 1.807) is 0 Å². The van der Waals surface area contributed by atoms with Crippen molar-refractivity contribution < 1.29 is 5.11 Å². The lowest BCUT2D eigenvalue weighted by atomic mass is 9.97. The van der Waals surface area contributed by atoms with Gasteiger partial charge in [0.1, 0.15) is 5.69 Å². The third-order valence-corrected chi connectivity index (χ3v) is 5.39. The van der Waals surface area contributed by atoms with E-state index in [9.17, 15) is 14.7 Å². The normalized spacial score (nSPS) is 18.0. The predicted molar refractivity (Wildman–Crippen MR) is 95.8 cm³/mol. The second kappa shape index (κ2) is 4.83. The van der Waals surface area contributed by atoms with Crippen molar-refractivity contribution in [3.63, 3.8) is 0 Å². The van der Waals surface area contributed by atoms with Crippen LogP contribution in [0.5, 0.6) is 5.88 Å². The van der Waals surface area contributed by atoms with Crippen LogP contribution in [0.3, 0.4) is 0 Å². The summed E-state index contributed by atoms with van der Waals surface area (Å²) >= 11 is 0. The Hall–Kier alpha value is -2.86. The summed E-state index contributed by atoms with van der Waals surface area (Å²) in [5.41, 5.74) is 1.03. The molecule has 0 amide bonds. The molecule has 1 aliphatic heterocycles. The van der Waals surface area contributed by atoms with Gasteiger partial charge < -0.3 is 9.67 Å². The SMILES string of the molecule is Cn1c([O-])c(C2c3cccc4cccc(c34)[N+]2(C)C)c(=O)n(C)c1=O.